The molecule has 8 heteroatoms. The molecule has 0 aromatic carbocycles. The number of esters is 2. The molecule has 0 aromatic heterocycles. The van der Waals surface area contributed by atoms with E-state index in [0.717, 1.165) is 6.08 Å². The van der Waals surface area contributed by atoms with Gasteiger partial charge in [-0.25, -0.2) is 13.6 Å². The van der Waals surface area contributed by atoms with Crippen LogP contribution in [0.15, 0.2) is 36.5 Å². The summed E-state index contributed by atoms with van der Waals surface area (Å²) in [6, 6.07) is 0. The minimum atomic E-state index is -1.09. The third kappa shape index (κ3) is 45.3. The van der Waals surface area contributed by atoms with Gasteiger partial charge in [-0.05, 0) is 40.2 Å². The van der Waals surface area contributed by atoms with E-state index >= 15 is 0 Å². The maximum Gasteiger partial charge on any atom is 0.333 e. The van der Waals surface area contributed by atoms with Crippen molar-refractivity contribution in [2.24, 2.45) is 0 Å². The van der Waals surface area contributed by atoms with E-state index < -0.39 is 5.97 Å². The molecule has 158 valence electrons. The highest BCUT2D eigenvalue weighted by Crippen LogP contribution is 1.91. The second-order valence-electron chi connectivity index (χ2n) is 5.56. The number of halogens is 1. The lowest BCUT2D eigenvalue weighted by Crippen LogP contribution is -2.22. The quantitative estimate of drug-likeness (QED) is 0.394. The van der Waals surface area contributed by atoms with Crippen molar-refractivity contribution in [2.45, 2.75) is 34.6 Å². The average Bonchev–Trinajstić information content (AvgIpc) is 2.53. The van der Waals surface area contributed by atoms with Crippen molar-refractivity contribution in [1.82, 2.24) is 0 Å². The van der Waals surface area contributed by atoms with Crippen molar-refractivity contribution < 1.29 is 33.0 Å². The number of allylic oxidation sites excluding steroid dienone is 1. The molecule has 0 aliphatic carbocycles. The smallest absolute Gasteiger partial charge is 0.333 e. The fourth-order valence-corrected chi connectivity index (χ4v) is 0.573. The second-order valence-corrected chi connectivity index (χ2v) is 6.58. The van der Waals surface area contributed by atoms with Crippen LogP contribution >= 0.6 is 11.8 Å². The number of quaternary nitrogens is 1. The molecule has 27 heavy (non-hydrogen) atoms. The van der Waals surface area contributed by atoms with Gasteiger partial charge in [0.25, 0.3) is 0 Å². The van der Waals surface area contributed by atoms with E-state index in [4.69, 9.17) is 11.8 Å². The lowest BCUT2D eigenvalue weighted by Gasteiger charge is -2.07. The average molecular weight is 408 g/mol. The van der Waals surface area contributed by atoms with E-state index in [2.05, 4.69) is 22.6 Å². The number of aliphatic carboxylic acids is 1. The van der Waals surface area contributed by atoms with Gasteiger partial charge in [0.2, 0.25) is 0 Å². The van der Waals surface area contributed by atoms with Gasteiger partial charge >= 0.3 is 11.9 Å². The standard InChI is InChI=1S/C6H10O2.2C5H8O2.C3H9ClN/c1-4-8-6(7)5(2)3;1-3-5(6)7-4-2;1-3-4(2)5(6)7;1-5(2,3)4/h2,4H2,1,3H3;3H,1,4H2,2H3;3H,1-2H3,(H,6,7);1-3H3/q;;;+1/p-1. The lowest BCUT2D eigenvalue weighted by atomic mass is 10.3. The van der Waals surface area contributed by atoms with Crippen LogP contribution in [0.3, 0.4) is 0 Å². The Morgan fingerprint density at radius 1 is 1.07 bits per heavy atom. The summed E-state index contributed by atoms with van der Waals surface area (Å²) in [7, 11) is 5.67. The fourth-order valence-electron chi connectivity index (χ4n) is 0.573. The first-order valence-corrected chi connectivity index (χ1v) is 8.48. The van der Waals surface area contributed by atoms with Crippen molar-refractivity contribution in [3.63, 3.8) is 0 Å². The molecule has 0 spiro atoms. The molecule has 0 rings (SSSR count). The zero-order valence-corrected chi connectivity index (χ0v) is 18.5. The zero-order chi connectivity index (χ0) is 22.6. The number of nitrogens with zero attached hydrogens (tertiary/aromatic N) is 1. The number of carboxylic acid groups (broad SMARTS) is 1. The molecule has 0 aliphatic rings. The van der Waals surface area contributed by atoms with Crippen LogP contribution in [-0.4, -0.2) is 56.3 Å². The van der Waals surface area contributed by atoms with Gasteiger partial charge in [0.15, 0.2) is 11.8 Å². The third-order valence-corrected chi connectivity index (χ3v) is 1.83. The lowest BCUT2D eigenvalue weighted by molar-refractivity contribution is -0.747. The highest BCUT2D eigenvalue weighted by molar-refractivity contribution is 6.06. The van der Waals surface area contributed by atoms with Crippen LogP contribution in [0.2, 0.25) is 0 Å². The zero-order valence-electron chi connectivity index (χ0n) is 17.8. The van der Waals surface area contributed by atoms with Crippen LogP contribution in [0.1, 0.15) is 34.6 Å². The van der Waals surface area contributed by atoms with E-state index in [1.807, 2.05) is 21.1 Å². The summed E-state index contributed by atoms with van der Waals surface area (Å²) in [6.45, 7) is 15.7. The highest BCUT2D eigenvalue weighted by Gasteiger charge is 1.98. The number of carboxylic acids is 1. The molecule has 7 nitrogen and oxygen atoms in total. The first-order valence-electron chi connectivity index (χ1n) is 8.14. The molecule has 0 fully saturated rings. The molecule has 0 atom stereocenters. The molecular formula is C19H34ClNO6. The largest absolute Gasteiger partial charge is 0.545 e. The second kappa shape index (κ2) is 20.2. The predicted molar refractivity (Wildman–Crippen MR) is 107 cm³/mol. The SMILES string of the molecule is C=C(C)C(=O)OCC.C=CC(=O)OCC.CC=C(C)C(=O)[O-].C[N+](C)(C)Cl. The fraction of sp³-hybridized carbons (Fsp3) is 0.526. The number of carbonyl (C=O) groups excluding carboxylic acids is 3. The molecule has 0 amide bonds. The van der Waals surface area contributed by atoms with Crippen LogP contribution in [0.4, 0.5) is 0 Å². The summed E-state index contributed by atoms with van der Waals surface area (Å²) in [6.07, 6.45) is 2.64. The summed E-state index contributed by atoms with van der Waals surface area (Å²) < 4.78 is 9.47. The molecule has 0 aromatic rings. The van der Waals surface area contributed by atoms with Crippen molar-refractivity contribution in [1.29, 1.82) is 0 Å². The maximum absolute atomic E-state index is 10.4. The van der Waals surface area contributed by atoms with Crippen molar-refractivity contribution in [3.05, 3.63) is 36.5 Å². The Morgan fingerprint density at radius 2 is 1.44 bits per heavy atom. The maximum atomic E-state index is 10.4. The Balaban J connectivity index is -0.000000132. The molecule has 0 aliphatic heterocycles. The van der Waals surface area contributed by atoms with E-state index in [-0.39, 0.29) is 17.5 Å². The summed E-state index contributed by atoms with van der Waals surface area (Å²) in [5, 5.41) is 9.75. The van der Waals surface area contributed by atoms with Gasteiger partial charge in [-0.1, -0.05) is 19.2 Å². The van der Waals surface area contributed by atoms with Gasteiger partial charge < -0.3 is 19.4 Å². The van der Waals surface area contributed by atoms with Crippen LogP contribution in [0.25, 0.3) is 0 Å². The molecule has 0 unspecified atom stereocenters. The third-order valence-electron chi connectivity index (χ3n) is 1.83. The Labute approximate surface area is 168 Å². The van der Waals surface area contributed by atoms with Crippen LogP contribution in [-0.2, 0) is 23.9 Å². The number of hydrogen-bond acceptors (Lipinski definition) is 6. The monoisotopic (exact) mass is 407 g/mol. The van der Waals surface area contributed by atoms with Crippen molar-refractivity contribution >= 4 is 29.7 Å². The molecule has 0 N–H and O–H groups in total. The van der Waals surface area contributed by atoms with Crippen LogP contribution < -0.4 is 5.11 Å². The molecule has 0 heterocycles. The van der Waals surface area contributed by atoms with Crippen molar-refractivity contribution in [2.75, 3.05) is 34.4 Å². The minimum Gasteiger partial charge on any atom is -0.545 e. The normalized spacial score (nSPS) is 9.59. The first kappa shape index (κ1) is 32.5. The molecule has 0 saturated heterocycles. The van der Waals surface area contributed by atoms with Gasteiger partial charge in [0.05, 0.1) is 40.3 Å². The van der Waals surface area contributed by atoms with Gasteiger partial charge in [0, 0.05) is 11.6 Å². The minimum absolute atomic E-state index is 0.278. The van der Waals surface area contributed by atoms with E-state index in [9.17, 15) is 19.5 Å². The molecule has 0 radical (unpaired) electrons. The van der Waals surface area contributed by atoms with E-state index in [1.54, 1.807) is 27.7 Å². The molecule has 0 saturated carbocycles. The highest BCUT2D eigenvalue weighted by atomic mass is 35.5. The summed E-state index contributed by atoms with van der Waals surface area (Å²) >= 11 is 5.47. The Kier molecular flexibility index (Phi) is 24.3. The number of rotatable bonds is 5. The Bertz CT molecular complexity index is 487. The van der Waals surface area contributed by atoms with Gasteiger partial charge in [0.1, 0.15) is 0 Å². The summed E-state index contributed by atoms with van der Waals surface area (Å²) in [4.78, 5) is 30.2. The first-order chi connectivity index (χ1) is 12.2. The molecule has 0 bridgehead atoms. The summed E-state index contributed by atoms with van der Waals surface area (Å²) in [5.74, 6) is -1.77. The predicted octanol–water partition coefficient (Wildman–Crippen LogP) is 2.41. The number of hydrogen-bond donors (Lipinski definition) is 0. The van der Waals surface area contributed by atoms with Crippen LogP contribution in [0, 0.1) is 0 Å². The van der Waals surface area contributed by atoms with E-state index in [1.165, 1.54) is 13.0 Å². The van der Waals surface area contributed by atoms with Gasteiger partial charge in [-0.2, -0.15) is 0 Å². The number of ether oxygens (including phenoxy) is 2. The number of carbonyl (C=O) groups is 3. The summed E-state index contributed by atoms with van der Waals surface area (Å²) in [5.41, 5.74) is 0.729. The van der Waals surface area contributed by atoms with Crippen LogP contribution in [0.5, 0.6) is 0 Å². The van der Waals surface area contributed by atoms with Gasteiger partial charge in [-0.3, -0.25) is 0 Å². The van der Waals surface area contributed by atoms with Crippen molar-refractivity contribution in [3.8, 4) is 0 Å². The Morgan fingerprint density at radius 3 is 1.52 bits per heavy atom. The van der Waals surface area contributed by atoms with Gasteiger partial charge in [-0.15, -0.1) is 0 Å². The topological polar surface area (TPSA) is 92.7 Å². The molecular weight excluding hydrogens is 374 g/mol. The van der Waals surface area contributed by atoms with E-state index in [0.29, 0.717) is 22.8 Å². The Hall–Kier alpha value is -2.12.